The molecule has 0 unspecified atom stereocenters. The maximum absolute atomic E-state index is 14.1. The lowest BCUT2D eigenvalue weighted by atomic mass is 10.0. The molecule has 3 N–H and O–H groups in total. The van der Waals surface area contributed by atoms with Gasteiger partial charge in [-0.3, -0.25) is 9.59 Å². The number of nitrogens with zero attached hydrogens (tertiary/aromatic N) is 2. The minimum atomic E-state index is -1.35. The molecule has 250 valence electrons. The van der Waals surface area contributed by atoms with Gasteiger partial charge in [-0.15, -0.1) is 0 Å². The number of aromatic nitrogens is 1. The molecule has 12 heteroatoms. The Morgan fingerprint density at radius 3 is 2.34 bits per heavy atom. The number of amides is 3. The molecule has 1 aromatic heterocycles. The van der Waals surface area contributed by atoms with Gasteiger partial charge in [0.15, 0.2) is 0 Å². The fraction of sp³-hybridized carbons (Fsp3) is 0.457. The summed E-state index contributed by atoms with van der Waals surface area (Å²) < 4.78 is 17.4. The first-order chi connectivity index (χ1) is 22.2. The quantitative estimate of drug-likeness (QED) is 0.288. The van der Waals surface area contributed by atoms with Crippen molar-refractivity contribution in [3.63, 3.8) is 0 Å². The number of carbonyl (C=O) groups is 4. The maximum Gasteiger partial charge on any atom is 0.408 e. The summed E-state index contributed by atoms with van der Waals surface area (Å²) in [4.78, 5) is 58.6. The lowest BCUT2D eigenvalue weighted by Gasteiger charge is -2.31. The first kappa shape index (κ1) is 33.5. The number of hydrogen-bond acceptors (Lipinski definition) is 8. The highest BCUT2D eigenvalue weighted by atomic mass is 16.6. The number of alkyl carbamates (subject to hydrolysis) is 1. The molecule has 2 aliphatic rings. The molecule has 3 aromatic rings. The van der Waals surface area contributed by atoms with Gasteiger partial charge in [0.2, 0.25) is 11.8 Å². The minimum absolute atomic E-state index is 0.0247. The standard InChI is InChI=1S/C35H42N4O8/c1-20(2)29(37-33(44)47-34(3,4)5)31(41)39-19-23(17-27(39)30(40)38-35(14-15-35)32(42)43)46-28-18-25(21-10-8-7-9-11-21)36-26-16-22(45-6)12-13-24(26)28/h7-13,16,18,20,23,27,29H,14-15,17,19H2,1-6H3,(H,37,44)(H,38,40)(H,42,43)/t23-,27+,29+/m1/s1. The van der Waals surface area contributed by atoms with Gasteiger partial charge in [-0.1, -0.05) is 44.2 Å². The number of carboxylic acid groups (broad SMARTS) is 1. The fourth-order valence-electron chi connectivity index (χ4n) is 5.68. The summed E-state index contributed by atoms with van der Waals surface area (Å²) in [6.07, 6.45) is -0.686. The van der Waals surface area contributed by atoms with Crippen molar-refractivity contribution in [2.45, 2.75) is 83.2 Å². The summed E-state index contributed by atoms with van der Waals surface area (Å²) in [7, 11) is 1.58. The molecular weight excluding hydrogens is 604 g/mol. The molecule has 47 heavy (non-hydrogen) atoms. The second-order valence-corrected chi connectivity index (χ2v) is 13.5. The Kier molecular flexibility index (Phi) is 9.33. The summed E-state index contributed by atoms with van der Waals surface area (Å²) in [6, 6.07) is 14.9. The van der Waals surface area contributed by atoms with Crippen LogP contribution in [0.2, 0.25) is 0 Å². The zero-order valence-electron chi connectivity index (χ0n) is 27.5. The van der Waals surface area contributed by atoms with E-state index in [0.29, 0.717) is 40.9 Å². The molecule has 0 bridgehead atoms. The molecule has 2 aromatic carbocycles. The molecule has 2 fully saturated rings. The molecule has 5 rings (SSSR count). The average Bonchev–Trinajstić information content (AvgIpc) is 3.68. The SMILES string of the molecule is COc1ccc2c(O[C@@H]3C[C@@H](C(=O)NC4(C(=O)O)CC4)N(C(=O)[C@@H](NC(=O)OC(C)(C)C)C(C)C)C3)cc(-c3ccccc3)nc2c1. The van der Waals surface area contributed by atoms with Gasteiger partial charge < -0.3 is 34.9 Å². The minimum Gasteiger partial charge on any atom is -0.497 e. The van der Waals surface area contributed by atoms with Gasteiger partial charge in [0, 0.05) is 29.5 Å². The Hall–Kier alpha value is -4.87. The zero-order chi connectivity index (χ0) is 34.1. The van der Waals surface area contributed by atoms with Crippen molar-refractivity contribution in [1.82, 2.24) is 20.5 Å². The zero-order valence-corrected chi connectivity index (χ0v) is 27.5. The molecule has 1 saturated carbocycles. The first-order valence-corrected chi connectivity index (χ1v) is 15.8. The molecule has 0 spiro atoms. The van der Waals surface area contributed by atoms with Gasteiger partial charge in [0.05, 0.1) is 24.9 Å². The Balaban J connectivity index is 1.47. The van der Waals surface area contributed by atoms with E-state index < -0.39 is 53.2 Å². The van der Waals surface area contributed by atoms with Crippen molar-refractivity contribution in [3.8, 4) is 22.8 Å². The van der Waals surface area contributed by atoms with Crippen LogP contribution in [0.5, 0.6) is 11.5 Å². The second-order valence-electron chi connectivity index (χ2n) is 13.5. The van der Waals surface area contributed by atoms with Gasteiger partial charge in [0.1, 0.15) is 40.8 Å². The smallest absolute Gasteiger partial charge is 0.408 e. The lowest BCUT2D eigenvalue weighted by molar-refractivity contribution is -0.145. The number of nitrogens with one attached hydrogen (secondary N) is 2. The van der Waals surface area contributed by atoms with Crippen LogP contribution in [0.15, 0.2) is 54.6 Å². The highest BCUT2D eigenvalue weighted by molar-refractivity contribution is 5.96. The summed E-state index contributed by atoms with van der Waals surface area (Å²) in [5, 5.41) is 15.8. The molecule has 1 aliphatic carbocycles. The number of likely N-dealkylation sites (tertiary alicyclic amines) is 1. The van der Waals surface area contributed by atoms with Crippen LogP contribution in [0.4, 0.5) is 4.79 Å². The Morgan fingerprint density at radius 2 is 1.74 bits per heavy atom. The van der Waals surface area contributed by atoms with Crippen LogP contribution in [0.1, 0.15) is 53.9 Å². The van der Waals surface area contributed by atoms with Crippen LogP contribution >= 0.6 is 0 Å². The third kappa shape index (κ3) is 7.58. The van der Waals surface area contributed by atoms with E-state index in [1.54, 1.807) is 47.8 Å². The van der Waals surface area contributed by atoms with E-state index in [1.165, 1.54) is 4.90 Å². The number of methoxy groups -OCH3 is 1. The number of pyridine rings is 1. The summed E-state index contributed by atoms with van der Waals surface area (Å²) in [5.74, 6) is -1.41. The number of benzene rings is 2. The number of ether oxygens (including phenoxy) is 3. The van der Waals surface area contributed by atoms with E-state index in [9.17, 15) is 24.3 Å². The van der Waals surface area contributed by atoms with E-state index in [0.717, 1.165) is 5.56 Å². The fourth-order valence-corrected chi connectivity index (χ4v) is 5.68. The van der Waals surface area contributed by atoms with E-state index in [4.69, 9.17) is 19.2 Å². The van der Waals surface area contributed by atoms with Gasteiger partial charge in [-0.2, -0.15) is 0 Å². The number of fused-ring (bicyclic) bond motifs is 1. The Bertz CT molecular complexity index is 1670. The maximum atomic E-state index is 14.1. The highest BCUT2D eigenvalue weighted by Gasteiger charge is 2.54. The highest BCUT2D eigenvalue weighted by Crippen LogP contribution is 2.37. The largest absolute Gasteiger partial charge is 0.497 e. The molecule has 12 nitrogen and oxygen atoms in total. The van der Waals surface area contributed by atoms with Crippen molar-refractivity contribution < 1.29 is 38.5 Å². The summed E-state index contributed by atoms with van der Waals surface area (Å²) in [5.41, 5.74) is 0.0512. The Labute approximate surface area is 273 Å². The van der Waals surface area contributed by atoms with Crippen molar-refractivity contribution in [3.05, 3.63) is 54.6 Å². The summed E-state index contributed by atoms with van der Waals surface area (Å²) in [6.45, 7) is 8.76. The molecule has 3 atom stereocenters. The lowest BCUT2D eigenvalue weighted by Crippen LogP contribution is -2.57. The number of aliphatic carboxylic acids is 1. The van der Waals surface area contributed by atoms with Crippen molar-refractivity contribution >= 4 is 34.8 Å². The van der Waals surface area contributed by atoms with Crippen LogP contribution in [-0.2, 0) is 19.1 Å². The number of carbonyl (C=O) groups excluding carboxylic acids is 3. The van der Waals surface area contributed by atoms with Crippen LogP contribution < -0.4 is 20.1 Å². The normalized spacial score (nSPS) is 19.2. The third-order valence-corrected chi connectivity index (χ3v) is 8.32. The molecule has 0 radical (unpaired) electrons. The topological polar surface area (TPSA) is 156 Å². The van der Waals surface area contributed by atoms with E-state index >= 15 is 0 Å². The average molecular weight is 647 g/mol. The van der Waals surface area contributed by atoms with Crippen molar-refractivity contribution in [2.75, 3.05) is 13.7 Å². The van der Waals surface area contributed by atoms with E-state index in [1.807, 2.05) is 48.5 Å². The number of carboxylic acids is 1. The Morgan fingerprint density at radius 1 is 1.04 bits per heavy atom. The van der Waals surface area contributed by atoms with Gasteiger partial charge in [-0.05, 0) is 51.7 Å². The van der Waals surface area contributed by atoms with Gasteiger partial charge >= 0.3 is 12.1 Å². The molecule has 1 saturated heterocycles. The number of rotatable bonds is 10. The molecular formula is C35H42N4O8. The van der Waals surface area contributed by atoms with Crippen LogP contribution in [0.25, 0.3) is 22.2 Å². The summed E-state index contributed by atoms with van der Waals surface area (Å²) >= 11 is 0. The van der Waals surface area contributed by atoms with E-state index in [2.05, 4.69) is 10.6 Å². The monoisotopic (exact) mass is 646 g/mol. The van der Waals surface area contributed by atoms with Crippen molar-refractivity contribution in [2.24, 2.45) is 5.92 Å². The van der Waals surface area contributed by atoms with Crippen LogP contribution in [0.3, 0.4) is 0 Å². The predicted molar refractivity (Wildman–Crippen MR) is 174 cm³/mol. The number of hydrogen-bond donors (Lipinski definition) is 3. The predicted octanol–water partition coefficient (Wildman–Crippen LogP) is 4.54. The first-order valence-electron chi connectivity index (χ1n) is 15.8. The molecule has 3 amide bonds. The van der Waals surface area contributed by atoms with Crippen LogP contribution in [0, 0.1) is 5.92 Å². The third-order valence-electron chi connectivity index (χ3n) is 8.32. The second kappa shape index (κ2) is 13.1. The van der Waals surface area contributed by atoms with Crippen LogP contribution in [-0.4, -0.2) is 81.8 Å². The van der Waals surface area contributed by atoms with E-state index in [-0.39, 0.29) is 18.9 Å². The molecule has 1 aliphatic heterocycles. The molecule has 2 heterocycles. The van der Waals surface area contributed by atoms with Gasteiger partial charge in [0.25, 0.3) is 0 Å². The van der Waals surface area contributed by atoms with Crippen molar-refractivity contribution in [1.29, 1.82) is 0 Å². The van der Waals surface area contributed by atoms with Gasteiger partial charge in [-0.25, -0.2) is 14.6 Å².